The van der Waals surface area contributed by atoms with Gasteiger partial charge in [0.05, 0.1) is 0 Å². The summed E-state index contributed by atoms with van der Waals surface area (Å²) in [4.78, 5) is 14.2. The molecule has 0 unspecified atom stereocenters. The van der Waals surface area contributed by atoms with E-state index in [0.29, 0.717) is 12.8 Å². The SMILES string of the molecule is Cc1cc(CCc2ccc(F)cc2)c(C#N)c(=O)[nH]1. The summed E-state index contributed by atoms with van der Waals surface area (Å²) in [5.74, 6) is -0.270. The molecule has 0 spiro atoms. The normalized spacial score (nSPS) is 10.2. The molecule has 1 heterocycles. The summed E-state index contributed by atoms with van der Waals surface area (Å²) in [5.41, 5.74) is 2.25. The second-order valence-electron chi connectivity index (χ2n) is 4.42. The van der Waals surface area contributed by atoms with Gasteiger partial charge in [0.15, 0.2) is 0 Å². The fourth-order valence-electron chi connectivity index (χ4n) is 2.01. The van der Waals surface area contributed by atoms with E-state index in [1.807, 2.05) is 12.1 Å². The fourth-order valence-corrected chi connectivity index (χ4v) is 2.01. The minimum atomic E-state index is -0.350. The number of nitrogens with one attached hydrogen (secondary N) is 1. The average Bonchev–Trinajstić information content (AvgIpc) is 2.37. The average molecular weight is 256 g/mol. The molecule has 4 heteroatoms. The Morgan fingerprint density at radius 2 is 1.95 bits per heavy atom. The van der Waals surface area contributed by atoms with E-state index < -0.39 is 0 Å². The number of aromatic nitrogens is 1. The molecule has 2 aromatic rings. The first-order chi connectivity index (χ1) is 9.10. The first-order valence-corrected chi connectivity index (χ1v) is 5.97. The van der Waals surface area contributed by atoms with Crippen molar-refractivity contribution in [3.8, 4) is 6.07 Å². The van der Waals surface area contributed by atoms with E-state index in [9.17, 15) is 9.18 Å². The van der Waals surface area contributed by atoms with Crippen LogP contribution < -0.4 is 5.56 Å². The minimum Gasteiger partial charge on any atom is -0.325 e. The Hall–Kier alpha value is -2.41. The molecule has 0 aliphatic rings. The van der Waals surface area contributed by atoms with E-state index in [4.69, 9.17) is 5.26 Å². The van der Waals surface area contributed by atoms with Gasteiger partial charge in [0.25, 0.3) is 5.56 Å². The number of rotatable bonds is 3. The highest BCUT2D eigenvalue weighted by Crippen LogP contribution is 2.11. The van der Waals surface area contributed by atoms with Crippen LogP contribution in [-0.4, -0.2) is 4.98 Å². The molecule has 0 aliphatic carbocycles. The third-order valence-electron chi connectivity index (χ3n) is 2.96. The van der Waals surface area contributed by atoms with Gasteiger partial charge in [0, 0.05) is 5.69 Å². The largest absolute Gasteiger partial charge is 0.325 e. The summed E-state index contributed by atoms with van der Waals surface area (Å²) in [6, 6.07) is 9.97. The predicted octanol–water partition coefficient (Wildman–Crippen LogP) is 2.48. The molecule has 1 N–H and O–H groups in total. The number of aromatic amines is 1. The van der Waals surface area contributed by atoms with Gasteiger partial charge in [-0.25, -0.2) is 4.39 Å². The Bertz CT molecular complexity index is 681. The van der Waals surface area contributed by atoms with Gasteiger partial charge >= 0.3 is 0 Å². The van der Waals surface area contributed by atoms with Crippen LogP contribution in [0.25, 0.3) is 0 Å². The number of H-pyrrole nitrogens is 1. The van der Waals surface area contributed by atoms with Crippen LogP contribution in [0.5, 0.6) is 0 Å². The molecule has 0 saturated carbocycles. The van der Waals surface area contributed by atoms with Crippen molar-refractivity contribution in [3.63, 3.8) is 0 Å². The molecular formula is C15H13FN2O. The van der Waals surface area contributed by atoms with Gasteiger partial charge in [-0.15, -0.1) is 0 Å². The molecule has 0 amide bonds. The molecule has 0 fully saturated rings. The molecule has 3 nitrogen and oxygen atoms in total. The van der Waals surface area contributed by atoms with E-state index in [1.165, 1.54) is 12.1 Å². The molecule has 1 aromatic carbocycles. The van der Waals surface area contributed by atoms with Crippen LogP contribution in [0.4, 0.5) is 4.39 Å². The summed E-state index contributed by atoms with van der Waals surface area (Å²) in [7, 11) is 0. The van der Waals surface area contributed by atoms with Crippen molar-refractivity contribution in [1.29, 1.82) is 5.26 Å². The van der Waals surface area contributed by atoms with E-state index in [1.54, 1.807) is 19.1 Å². The van der Waals surface area contributed by atoms with Crippen LogP contribution >= 0.6 is 0 Å². The van der Waals surface area contributed by atoms with E-state index in [2.05, 4.69) is 4.98 Å². The molecule has 96 valence electrons. The van der Waals surface area contributed by atoms with Gasteiger partial charge in [-0.1, -0.05) is 12.1 Å². The molecule has 0 saturated heterocycles. The Morgan fingerprint density at radius 1 is 1.26 bits per heavy atom. The van der Waals surface area contributed by atoms with Crippen molar-refractivity contribution < 1.29 is 4.39 Å². The highest BCUT2D eigenvalue weighted by atomic mass is 19.1. The number of benzene rings is 1. The van der Waals surface area contributed by atoms with Gasteiger partial charge in [0.1, 0.15) is 17.4 Å². The van der Waals surface area contributed by atoms with Gasteiger partial charge in [-0.3, -0.25) is 4.79 Å². The number of aryl methyl sites for hydroxylation is 3. The second-order valence-corrected chi connectivity index (χ2v) is 4.42. The van der Waals surface area contributed by atoms with Crippen LogP contribution in [0.2, 0.25) is 0 Å². The summed E-state index contributed by atoms with van der Waals surface area (Å²) in [5, 5.41) is 9.00. The minimum absolute atomic E-state index is 0.160. The van der Waals surface area contributed by atoms with E-state index >= 15 is 0 Å². The monoisotopic (exact) mass is 256 g/mol. The summed E-state index contributed by atoms with van der Waals surface area (Å²) in [6.45, 7) is 1.78. The maximum Gasteiger partial charge on any atom is 0.266 e. The number of nitrogens with zero attached hydrogens (tertiary/aromatic N) is 1. The summed E-state index contributed by atoms with van der Waals surface area (Å²) >= 11 is 0. The lowest BCUT2D eigenvalue weighted by Crippen LogP contribution is -2.14. The lowest BCUT2D eigenvalue weighted by atomic mass is 10.0. The molecule has 19 heavy (non-hydrogen) atoms. The van der Waals surface area contributed by atoms with Gasteiger partial charge in [-0.2, -0.15) is 5.26 Å². The highest BCUT2D eigenvalue weighted by molar-refractivity contribution is 5.37. The fraction of sp³-hybridized carbons (Fsp3) is 0.200. The van der Waals surface area contributed by atoms with Gasteiger partial charge in [-0.05, 0) is 49.1 Å². The van der Waals surface area contributed by atoms with Crippen molar-refractivity contribution in [2.24, 2.45) is 0 Å². The number of hydrogen-bond acceptors (Lipinski definition) is 2. The Kier molecular flexibility index (Phi) is 3.76. The molecular weight excluding hydrogens is 243 g/mol. The number of hydrogen-bond donors (Lipinski definition) is 1. The maximum atomic E-state index is 12.8. The smallest absolute Gasteiger partial charge is 0.266 e. The molecule has 2 rings (SSSR count). The van der Waals surface area contributed by atoms with E-state index in [0.717, 1.165) is 16.8 Å². The quantitative estimate of drug-likeness (QED) is 0.917. The van der Waals surface area contributed by atoms with Crippen LogP contribution in [0, 0.1) is 24.1 Å². The first kappa shape index (κ1) is 13.0. The summed E-state index contributed by atoms with van der Waals surface area (Å²) < 4.78 is 12.8. The molecule has 0 bridgehead atoms. The lowest BCUT2D eigenvalue weighted by Gasteiger charge is -2.05. The Labute approximate surface area is 110 Å². The van der Waals surface area contributed by atoms with Gasteiger partial charge in [0.2, 0.25) is 0 Å². The van der Waals surface area contributed by atoms with Crippen molar-refractivity contribution >= 4 is 0 Å². The van der Waals surface area contributed by atoms with Gasteiger partial charge < -0.3 is 4.98 Å². The first-order valence-electron chi connectivity index (χ1n) is 5.97. The Morgan fingerprint density at radius 3 is 2.58 bits per heavy atom. The van der Waals surface area contributed by atoms with Crippen molar-refractivity contribution in [3.05, 3.63) is 68.9 Å². The van der Waals surface area contributed by atoms with Crippen LogP contribution in [0.1, 0.15) is 22.4 Å². The summed E-state index contributed by atoms with van der Waals surface area (Å²) in [6.07, 6.45) is 1.25. The van der Waals surface area contributed by atoms with Crippen LogP contribution in [0.15, 0.2) is 35.1 Å². The molecule has 0 aliphatic heterocycles. The molecule has 0 atom stereocenters. The number of pyridine rings is 1. The van der Waals surface area contributed by atoms with Crippen molar-refractivity contribution in [1.82, 2.24) is 4.98 Å². The standard InChI is InChI=1S/C15H13FN2O/c1-10-8-12(14(9-17)15(19)18-10)5-2-11-3-6-13(16)7-4-11/h3-4,6-8H,2,5H2,1H3,(H,18,19). The van der Waals surface area contributed by atoms with Crippen LogP contribution in [0.3, 0.4) is 0 Å². The Balaban J connectivity index is 2.22. The second kappa shape index (κ2) is 5.49. The van der Waals surface area contributed by atoms with Crippen molar-refractivity contribution in [2.45, 2.75) is 19.8 Å². The van der Waals surface area contributed by atoms with Crippen molar-refractivity contribution in [2.75, 3.05) is 0 Å². The maximum absolute atomic E-state index is 12.8. The topological polar surface area (TPSA) is 56.6 Å². The number of halogens is 1. The lowest BCUT2D eigenvalue weighted by molar-refractivity contribution is 0.627. The van der Waals surface area contributed by atoms with E-state index in [-0.39, 0.29) is 16.9 Å². The van der Waals surface area contributed by atoms with Crippen LogP contribution in [-0.2, 0) is 12.8 Å². The predicted molar refractivity (Wildman–Crippen MR) is 70.3 cm³/mol. The zero-order chi connectivity index (χ0) is 13.8. The highest BCUT2D eigenvalue weighted by Gasteiger charge is 2.08. The molecule has 0 radical (unpaired) electrons. The zero-order valence-electron chi connectivity index (χ0n) is 10.5. The zero-order valence-corrected chi connectivity index (χ0v) is 10.5. The third-order valence-corrected chi connectivity index (χ3v) is 2.96. The molecule has 1 aromatic heterocycles. The number of nitriles is 1. The third kappa shape index (κ3) is 3.08.